The summed E-state index contributed by atoms with van der Waals surface area (Å²) < 4.78 is 11.4. The van der Waals surface area contributed by atoms with E-state index in [1.54, 1.807) is 6.33 Å². The van der Waals surface area contributed by atoms with Crippen LogP contribution in [-0.4, -0.2) is 47.2 Å². The first-order valence-corrected chi connectivity index (χ1v) is 9.46. The van der Waals surface area contributed by atoms with Crippen molar-refractivity contribution in [1.82, 2.24) is 20.2 Å². The van der Waals surface area contributed by atoms with Gasteiger partial charge in [0.05, 0.1) is 0 Å². The van der Waals surface area contributed by atoms with Gasteiger partial charge in [0.1, 0.15) is 19.5 Å². The van der Waals surface area contributed by atoms with E-state index >= 15 is 0 Å². The van der Waals surface area contributed by atoms with Crippen LogP contribution in [-0.2, 0) is 13.1 Å². The van der Waals surface area contributed by atoms with Gasteiger partial charge in [-0.15, -0.1) is 0 Å². The number of rotatable bonds is 5. The van der Waals surface area contributed by atoms with Crippen molar-refractivity contribution >= 4 is 0 Å². The lowest BCUT2D eigenvalue weighted by atomic mass is 10.0. The lowest BCUT2D eigenvalue weighted by Gasteiger charge is -2.31. The van der Waals surface area contributed by atoms with E-state index in [2.05, 4.69) is 32.3 Å². The monoisotopic (exact) mass is 354 g/mol. The third-order valence-electron chi connectivity index (χ3n) is 5.05. The second-order valence-corrected chi connectivity index (χ2v) is 6.96. The van der Waals surface area contributed by atoms with Crippen LogP contribution < -0.4 is 14.8 Å². The molecule has 1 saturated heterocycles. The number of nitrogens with zero attached hydrogens (tertiary/aromatic N) is 3. The lowest BCUT2D eigenvalue weighted by Crippen LogP contribution is -2.35. The van der Waals surface area contributed by atoms with Crippen LogP contribution in [0.5, 0.6) is 11.5 Å². The number of hydrogen-bond donors (Lipinski definition) is 1. The molecule has 1 N–H and O–H groups in total. The largest absolute Gasteiger partial charge is 0.486 e. The highest BCUT2D eigenvalue weighted by Gasteiger charge is 2.22. The quantitative estimate of drug-likeness (QED) is 0.890. The van der Waals surface area contributed by atoms with Gasteiger partial charge < -0.3 is 14.8 Å². The predicted molar refractivity (Wildman–Crippen MR) is 99.2 cm³/mol. The Hall–Kier alpha value is -2.18. The SMILES string of the molecule is c1ncc(CN(Cc2ccc3c(c2)OCCO3)[C@@H]2CCCNCC2)cn1. The van der Waals surface area contributed by atoms with Gasteiger partial charge in [0.2, 0.25) is 0 Å². The van der Waals surface area contributed by atoms with E-state index in [0.717, 1.165) is 49.7 Å². The van der Waals surface area contributed by atoms with Gasteiger partial charge in [-0.1, -0.05) is 6.07 Å². The van der Waals surface area contributed by atoms with E-state index in [9.17, 15) is 0 Å². The van der Waals surface area contributed by atoms with Crippen LogP contribution >= 0.6 is 0 Å². The zero-order chi connectivity index (χ0) is 17.6. The Morgan fingerprint density at radius 2 is 1.77 bits per heavy atom. The van der Waals surface area contributed by atoms with E-state index < -0.39 is 0 Å². The van der Waals surface area contributed by atoms with E-state index in [0.29, 0.717) is 19.3 Å². The summed E-state index contributed by atoms with van der Waals surface area (Å²) in [6.07, 6.45) is 9.01. The average molecular weight is 354 g/mol. The van der Waals surface area contributed by atoms with E-state index in [1.165, 1.54) is 18.4 Å². The summed E-state index contributed by atoms with van der Waals surface area (Å²) in [6, 6.07) is 6.86. The van der Waals surface area contributed by atoms with Gasteiger partial charge >= 0.3 is 0 Å². The molecule has 0 bridgehead atoms. The van der Waals surface area contributed by atoms with Crippen LogP contribution in [0.1, 0.15) is 30.4 Å². The van der Waals surface area contributed by atoms with Crippen molar-refractivity contribution in [3.05, 3.63) is 48.0 Å². The fourth-order valence-electron chi connectivity index (χ4n) is 3.75. The standard InChI is InChI=1S/C20H26N4O2/c1-2-18(5-7-21-6-1)24(14-17-11-22-15-23-12-17)13-16-3-4-19-20(10-16)26-9-8-25-19/h3-4,10-12,15,18,21H,1-2,5-9,13-14H2/t18-/m1/s1. The molecule has 2 aliphatic heterocycles. The van der Waals surface area contributed by atoms with Gasteiger partial charge in [-0.2, -0.15) is 0 Å². The van der Waals surface area contributed by atoms with Crippen molar-refractivity contribution < 1.29 is 9.47 Å². The number of benzene rings is 1. The van der Waals surface area contributed by atoms with Crippen molar-refractivity contribution in [2.45, 2.75) is 38.4 Å². The maximum absolute atomic E-state index is 5.76. The maximum atomic E-state index is 5.76. The molecule has 1 aromatic carbocycles. The summed E-state index contributed by atoms with van der Waals surface area (Å²) in [5, 5.41) is 3.51. The van der Waals surface area contributed by atoms with Gasteiger partial charge in [0, 0.05) is 37.1 Å². The molecular weight excluding hydrogens is 328 g/mol. The molecule has 26 heavy (non-hydrogen) atoms. The molecule has 138 valence electrons. The molecule has 6 heteroatoms. The smallest absolute Gasteiger partial charge is 0.161 e. The van der Waals surface area contributed by atoms with Crippen LogP contribution in [0.4, 0.5) is 0 Å². The first-order chi connectivity index (χ1) is 12.9. The van der Waals surface area contributed by atoms with Crippen LogP contribution in [0.15, 0.2) is 36.9 Å². The average Bonchev–Trinajstić information content (AvgIpc) is 2.98. The van der Waals surface area contributed by atoms with Crippen LogP contribution in [0.3, 0.4) is 0 Å². The molecule has 0 saturated carbocycles. The zero-order valence-electron chi connectivity index (χ0n) is 15.1. The Balaban J connectivity index is 1.53. The summed E-state index contributed by atoms with van der Waals surface area (Å²) in [6.45, 7) is 5.18. The summed E-state index contributed by atoms with van der Waals surface area (Å²) in [7, 11) is 0. The number of nitrogens with one attached hydrogen (secondary N) is 1. The van der Waals surface area contributed by atoms with E-state index in [4.69, 9.17) is 9.47 Å². The molecule has 0 unspecified atom stereocenters. The molecule has 6 nitrogen and oxygen atoms in total. The second-order valence-electron chi connectivity index (χ2n) is 6.96. The number of hydrogen-bond acceptors (Lipinski definition) is 6. The van der Waals surface area contributed by atoms with Crippen molar-refractivity contribution in [2.24, 2.45) is 0 Å². The highest BCUT2D eigenvalue weighted by molar-refractivity contribution is 5.43. The molecule has 4 rings (SSSR count). The molecular formula is C20H26N4O2. The van der Waals surface area contributed by atoms with Crippen LogP contribution in [0, 0.1) is 0 Å². The normalized spacial score (nSPS) is 20.0. The molecule has 2 aromatic rings. The number of ether oxygens (including phenoxy) is 2. The minimum atomic E-state index is 0.554. The second kappa shape index (κ2) is 8.47. The molecule has 0 aliphatic carbocycles. The Morgan fingerprint density at radius 1 is 0.962 bits per heavy atom. The molecule has 2 aliphatic rings. The minimum Gasteiger partial charge on any atom is -0.486 e. The molecule has 1 aromatic heterocycles. The predicted octanol–water partition coefficient (Wildman–Crippen LogP) is 2.39. The summed E-state index contributed by atoms with van der Waals surface area (Å²) in [5.74, 6) is 1.71. The first-order valence-electron chi connectivity index (χ1n) is 9.46. The maximum Gasteiger partial charge on any atom is 0.161 e. The Bertz CT molecular complexity index is 702. The van der Waals surface area contributed by atoms with Crippen molar-refractivity contribution in [2.75, 3.05) is 26.3 Å². The number of aromatic nitrogens is 2. The summed E-state index contributed by atoms with van der Waals surface area (Å²) >= 11 is 0. The number of fused-ring (bicyclic) bond motifs is 1. The van der Waals surface area contributed by atoms with Crippen molar-refractivity contribution in [3.8, 4) is 11.5 Å². The van der Waals surface area contributed by atoms with Gasteiger partial charge in [0.15, 0.2) is 11.5 Å². The fourth-order valence-corrected chi connectivity index (χ4v) is 3.75. The third kappa shape index (κ3) is 4.31. The van der Waals surface area contributed by atoms with Crippen LogP contribution in [0.25, 0.3) is 0 Å². The highest BCUT2D eigenvalue weighted by Crippen LogP contribution is 2.31. The summed E-state index contributed by atoms with van der Waals surface area (Å²) in [5.41, 5.74) is 2.41. The Kier molecular flexibility index (Phi) is 5.62. The molecule has 1 fully saturated rings. The molecule has 0 spiro atoms. The van der Waals surface area contributed by atoms with Crippen molar-refractivity contribution in [3.63, 3.8) is 0 Å². The minimum absolute atomic E-state index is 0.554. The van der Waals surface area contributed by atoms with E-state index in [1.807, 2.05) is 18.5 Å². The lowest BCUT2D eigenvalue weighted by molar-refractivity contribution is 0.160. The van der Waals surface area contributed by atoms with Crippen molar-refractivity contribution in [1.29, 1.82) is 0 Å². The topological polar surface area (TPSA) is 59.5 Å². The zero-order valence-corrected chi connectivity index (χ0v) is 15.1. The van der Waals surface area contributed by atoms with Crippen LogP contribution in [0.2, 0.25) is 0 Å². The first kappa shape index (κ1) is 17.2. The highest BCUT2D eigenvalue weighted by atomic mass is 16.6. The van der Waals surface area contributed by atoms with E-state index in [-0.39, 0.29) is 0 Å². The van der Waals surface area contributed by atoms with Gasteiger partial charge in [-0.05, 0) is 50.0 Å². The fraction of sp³-hybridized carbons (Fsp3) is 0.500. The van der Waals surface area contributed by atoms with Gasteiger partial charge in [0.25, 0.3) is 0 Å². The molecule has 3 heterocycles. The Morgan fingerprint density at radius 3 is 2.65 bits per heavy atom. The third-order valence-corrected chi connectivity index (χ3v) is 5.05. The van der Waals surface area contributed by atoms with Gasteiger partial charge in [-0.3, -0.25) is 4.90 Å². The Labute approximate surface area is 154 Å². The summed E-state index contributed by atoms with van der Waals surface area (Å²) in [4.78, 5) is 10.9. The molecule has 1 atom stereocenters. The molecule has 0 radical (unpaired) electrons. The van der Waals surface area contributed by atoms with Gasteiger partial charge in [-0.25, -0.2) is 9.97 Å². The molecule has 0 amide bonds.